The summed E-state index contributed by atoms with van der Waals surface area (Å²) in [4.78, 5) is 15.8. The second kappa shape index (κ2) is 10.9. The van der Waals surface area contributed by atoms with E-state index in [1.165, 1.54) is 6.07 Å². The van der Waals surface area contributed by atoms with Gasteiger partial charge in [0.1, 0.15) is 5.82 Å². The number of carbonyl (C=O) groups is 1. The van der Waals surface area contributed by atoms with Crippen LogP contribution < -0.4 is 5.32 Å². The lowest BCUT2D eigenvalue weighted by Gasteiger charge is -2.13. The summed E-state index contributed by atoms with van der Waals surface area (Å²) in [5.41, 5.74) is 5.67. The molecule has 3 aromatic carbocycles. The molecule has 0 aliphatic rings. The van der Waals surface area contributed by atoms with Crippen molar-refractivity contribution in [3.8, 4) is 0 Å². The van der Waals surface area contributed by atoms with Crippen LogP contribution in [0.2, 0.25) is 0 Å². The number of aliphatic hydroxyl groups is 1. The molecule has 5 rings (SSSR count). The second-order valence-electron chi connectivity index (χ2n) is 9.43. The molecule has 5 aromatic rings. The molecule has 37 heavy (non-hydrogen) atoms. The Morgan fingerprint density at radius 1 is 1.11 bits per heavy atom. The van der Waals surface area contributed by atoms with Crippen LogP contribution in [0.25, 0.3) is 27.9 Å². The summed E-state index contributed by atoms with van der Waals surface area (Å²) in [7, 11) is 0. The third-order valence-electron chi connectivity index (χ3n) is 6.66. The summed E-state index contributed by atoms with van der Waals surface area (Å²) >= 11 is 0. The Hall–Kier alpha value is -4.00. The Morgan fingerprint density at radius 3 is 2.76 bits per heavy atom. The van der Waals surface area contributed by atoms with E-state index in [-0.39, 0.29) is 11.6 Å². The lowest BCUT2D eigenvalue weighted by Crippen LogP contribution is -2.31. The van der Waals surface area contributed by atoms with Gasteiger partial charge in [-0.1, -0.05) is 48.0 Å². The summed E-state index contributed by atoms with van der Waals surface area (Å²) in [5, 5.41) is 15.9. The number of ketones is 1. The number of hydrogen-bond acceptors (Lipinski definition) is 3. The first-order chi connectivity index (χ1) is 18.0. The average Bonchev–Trinajstić information content (AvgIpc) is 3.46. The lowest BCUT2D eigenvalue weighted by atomic mass is 10.1. The van der Waals surface area contributed by atoms with E-state index in [0.717, 1.165) is 44.9 Å². The number of H-pyrrole nitrogens is 1. The molecule has 2 aromatic heterocycles. The summed E-state index contributed by atoms with van der Waals surface area (Å²) < 4.78 is 15.6. The van der Waals surface area contributed by atoms with Crippen LogP contribution in [0.3, 0.4) is 0 Å². The Kier molecular flexibility index (Phi) is 7.30. The molecular formula is C31H30FN3O2. The molecule has 1 atom stereocenters. The molecule has 0 aliphatic carbocycles. The van der Waals surface area contributed by atoms with Crippen molar-refractivity contribution in [1.29, 1.82) is 0 Å². The van der Waals surface area contributed by atoms with Gasteiger partial charge in [-0.05, 0) is 61.9 Å². The fourth-order valence-corrected chi connectivity index (χ4v) is 4.68. The zero-order valence-electron chi connectivity index (χ0n) is 20.7. The van der Waals surface area contributed by atoms with E-state index in [1.807, 2.05) is 78.5 Å². The monoisotopic (exact) mass is 495 g/mol. The molecule has 0 saturated carbocycles. The normalized spacial score (nSPS) is 12.6. The first-order valence-electron chi connectivity index (χ1n) is 12.5. The fraction of sp³-hybridized carbons (Fsp3) is 0.194. The highest BCUT2D eigenvalue weighted by atomic mass is 19.1. The van der Waals surface area contributed by atoms with E-state index in [2.05, 4.69) is 10.3 Å². The summed E-state index contributed by atoms with van der Waals surface area (Å²) in [6, 6.07) is 20.3. The van der Waals surface area contributed by atoms with Crippen molar-refractivity contribution in [3.63, 3.8) is 0 Å². The Bertz CT molecular complexity index is 1560. The molecule has 0 amide bonds. The zero-order valence-corrected chi connectivity index (χ0v) is 20.7. The molecule has 0 unspecified atom stereocenters. The summed E-state index contributed by atoms with van der Waals surface area (Å²) in [5.74, 6) is -0.289. The van der Waals surface area contributed by atoms with Crippen LogP contribution in [0.5, 0.6) is 0 Å². The van der Waals surface area contributed by atoms with Crippen molar-refractivity contribution in [2.75, 3.05) is 13.1 Å². The molecule has 5 nitrogen and oxygen atoms in total. The van der Waals surface area contributed by atoms with Gasteiger partial charge in [0.25, 0.3) is 0 Å². The number of carbonyl (C=O) groups excluding carboxylic acids is 1. The van der Waals surface area contributed by atoms with Crippen molar-refractivity contribution in [1.82, 2.24) is 14.9 Å². The van der Waals surface area contributed by atoms with Crippen LogP contribution in [0.1, 0.15) is 27.0 Å². The van der Waals surface area contributed by atoms with E-state index in [9.17, 15) is 14.3 Å². The van der Waals surface area contributed by atoms with Crippen molar-refractivity contribution < 1.29 is 14.3 Å². The highest BCUT2D eigenvalue weighted by Crippen LogP contribution is 2.23. The van der Waals surface area contributed by atoms with Crippen LogP contribution in [0, 0.1) is 12.7 Å². The number of aromatic amines is 1. The van der Waals surface area contributed by atoms with Crippen molar-refractivity contribution in [2.45, 2.75) is 26.0 Å². The maximum absolute atomic E-state index is 13.6. The van der Waals surface area contributed by atoms with Crippen LogP contribution in [0.15, 0.2) is 85.2 Å². The number of rotatable bonds is 10. The molecular weight excluding hydrogens is 465 g/mol. The van der Waals surface area contributed by atoms with E-state index in [0.29, 0.717) is 25.2 Å². The maximum Gasteiger partial charge on any atom is 0.185 e. The first kappa shape index (κ1) is 24.7. The van der Waals surface area contributed by atoms with E-state index in [4.69, 9.17) is 0 Å². The van der Waals surface area contributed by atoms with Crippen LogP contribution in [-0.4, -0.2) is 39.6 Å². The van der Waals surface area contributed by atoms with Gasteiger partial charge in [0.2, 0.25) is 0 Å². The maximum atomic E-state index is 13.6. The predicted molar refractivity (Wildman–Crippen MR) is 147 cm³/mol. The van der Waals surface area contributed by atoms with Crippen molar-refractivity contribution in [3.05, 3.63) is 113 Å². The average molecular weight is 496 g/mol. The van der Waals surface area contributed by atoms with Gasteiger partial charge in [-0.15, -0.1) is 0 Å². The van der Waals surface area contributed by atoms with Crippen LogP contribution in [-0.2, 0) is 13.0 Å². The number of aliphatic hydroxyl groups excluding tert-OH is 1. The van der Waals surface area contributed by atoms with Crippen molar-refractivity contribution in [2.24, 2.45) is 0 Å². The molecule has 0 radical (unpaired) electrons. The third kappa shape index (κ3) is 5.71. The van der Waals surface area contributed by atoms with Gasteiger partial charge in [-0.2, -0.15) is 0 Å². The van der Waals surface area contributed by atoms with Gasteiger partial charge in [-0.3, -0.25) is 4.79 Å². The predicted octanol–water partition coefficient (Wildman–Crippen LogP) is 5.66. The fourth-order valence-electron chi connectivity index (χ4n) is 4.68. The van der Waals surface area contributed by atoms with Gasteiger partial charge in [0.15, 0.2) is 5.78 Å². The first-order valence-corrected chi connectivity index (χ1v) is 12.5. The molecule has 0 spiro atoms. The number of benzene rings is 3. The smallest absolute Gasteiger partial charge is 0.185 e. The number of fused-ring (bicyclic) bond motifs is 2. The third-order valence-corrected chi connectivity index (χ3v) is 6.66. The molecule has 0 bridgehead atoms. The minimum absolute atomic E-state index is 0.0426. The zero-order chi connectivity index (χ0) is 25.8. The summed E-state index contributed by atoms with van der Waals surface area (Å²) in [6.07, 6.45) is 7.47. The molecule has 188 valence electrons. The molecule has 0 aliphatic heterocycles. The number of aromatic nitrogens is 2. The van der Waals surface area contributed by atoms with Gasteiger partial charge < -0.3 is 20.0 Å². The largest absolute Gasteiger partial charge is 0.390 e. The molecule has 2 heterocycles. The number of hydrogen-bond donors (Lipinski definition) is 3. The number of nitrogens with one attached hydrogen (secondary N) is 2. The van der Waals surface area contributed by atoms with E-state index >= 15 is 0 Å². The lowest BCUT2D eigenvalue weighted by molar-refractivity contribution is 0.104. The Balaban J connectivity index is 1.21. The number of nitrogens with zero attached hydrogens (tertiary/aromatic N) is 1. The van der Waals surface area contributed by atoms with Gasteiger partial charge in [-0.25, -0.2) is 4.39 Å². The SMILES string of the molecule is Cc1ccc(C(=O)/C=C/c2cn(C[C@@H](O)CNCCc3c[nH]c4ccc(F)cc34)c3ccccc23)cc1. The highest BCUT2D eigenvalue weighted by Gasteiger charge is 2.12. The van der Waals surface area contributed by atoms with Crippen molar-refractivity contribution >= 4 is 33.7 Å². The molecule has 0 saturated heterocycles. The van der Waals surface area contributed by atoms with E-state index in [1.54, 1.807) is 18.2 Å². The minimum atomic E-state index is -0.595. The number of para-hydroxylation sites is 1. The Labute approximate surface area is 215 Å². The summed E-state index contributed by atoms with van der Waals surface area (Å²) in [6.45, 7) is 3.52. The van der Waals surface area contributed by atoms with Gasteiger partial charge >= 0.3 is 0 Å². The minimum Gasteiger partial charge on any atom is -0.390 e. The number of aryl methyl sites for hydroxylation is 1. The molecule has 6 heteroatoms. The standard InChI is InChI=1S/C31H30FN3O2/c1-21-6-8-22(9-7-21)31(37)13-10-24-19-35(30-5-3-2-4-27(24)30)20-26(36)18-33-15-14-23-17-34-29-12-11-25(32)16-28(23)29/h2-13,16-17,19,26,33-34,36H,14-15,18,20H2,1H3/b13-10+/t26-/m0/s1. The Morgan fingerprint density at radius 2 is 1.92 bits per heavy atom. The van der Waals surface area contributed by atoms with Crippen LogP contribution >= 0.6 is 0 Å². The van der Waals surface area contributed by atoms with Gasteiger partial charge in [0.05, 0.1) is 6.10 Å². The highest BCUT2D eigenvalue weighted by molar-refractivity contribution is 6.07. The topological polar surface area (TPSA) is 70.1 Å². The number of halogens is 1. The van der Waals surface area contributed by atoms with Crippen LogP contribution in [0.4, 0.5) is 4.39 Å². The van der Waals surface area contributed by atoms with E-state index < -0.39 is 6.10 Å². The molecule has 0 fully saturated rings. The molecule has 3 N–H and O–H groups in total. The quantitative estimate of drug-likeness (QED) is 0.133. The second-order valence-corrected chi connectivity index (χ2v) is 9.43. The number of allylic oxidation sites excluding steroid dienone is 1. The van der Waals surface area contributed by atoms with Gasteiger partial charge in [0, 0.05) is 58.4 Å².